The molecule has 1 aromatic carbocycles. The van der Waals surface area contributed by atoms with Crippen molar-refractivity contribution in [2.75, 3.05) is 26.2 Å². The zero-order chi connectivity index (χ0) is 22.0. The maximum absolute atomic E-state index is 13.2. The molecule has 31 heavy (non-hydrogen) atoms. The summed E-state index contributed by atoms with van der Waals surface area (Å²) in [7, 11) is 0. The third-order valence-electron chi connectivity index (χ3n) is 7.22. The summed E-state index contributed by atoms with van der Waals surface area (Å²) in [6.45, 7) is 10.6. The van der Waals surface area contributed by atoms with Gasteiger partial charge in [0.05, 0.1) is 11.1 Å². The number of fused-ring (bicyclic) bond motifs is 1. The second-order valence-electron chi connectivity index (χ2n) is 9.83. The Morgan fingerprint density at radius 3 is 2.71 bits per heavy atom. The van der Waals surface area contributed by atoms with Gasteiger partial charge in [-0.3, -0.25) is 9.78 Å². The van der Waals surface area contributed by atoms with Crippen molar-refractivity contribution >= 4 is 16.8 Å². The van der Waals surface area contributed by atoms with Gasteiger partial charge in [-0.05, 0) is 75.7 Å². The lowest BCUT2D eigenvalue weighted by Crippen LogP contribution is -2.44. The van der Waals surface area contributed by atoms with Crippen molar-refractivity contribution in [3.05, 3.63) is 41.6 Å². The summed E-state index contributed by atoms with van der Waals surface area (Å²) >= 11 is 0. The second kappa shape index (κ2) is 9.36. The van der Waals surface area contributed by atoms with Gasteiger partial charge >= 0.3 is 0 Å². The summed E-state index contributed by atoms with van der Waals surface area (Å²) in [5.41, 5.74) is 2.61. The number of likely N-dealkylation sites (tertiary alicyclic amines) is 2. The van der Waals surface area contributed by atoms with E-state index in [1.807, 2.05) is 12.1 Å². The van der Waals surface area contributed by atoms with Crippen LogP contribution in [0.2, 0.25) is 0 Å². The van der Waals surface area contributed by atoms with Crippen molar-refractivity contribution in [1.82, 2.24) is 14.8 Å². The summed E-state index contributed by atoms with van der Waals surface area (Å²) in [6, 6.07) is 10.8. The normalized spacial score (nSPS) is 23.3. The SMILES string of the molecule is CC(C)N1CCC(CC(=O)N2C[C@H](C)C[C@@H](c3ccc(C#N)c4ncccc34)C2)CC1. The minimum atomic E-state index is 0.287. The number of carbonyl (C=O) groups is 1. The van der Waals surface area contributed by atoms with Gasteiger partial charge in [0, 0.05) is 43.1 Å². The Kier molecular flexibility index (Phi) is 6.57. The van der Waals surface area contributed by atoms with E-state index in [4.69, 9.17) is 0 Å². The summed E-state index contributed by atoms with van der Waals surface area (Å²) < 4.78 is 0. The highest BCUT2D eigenvalue weighted by Gasteiger charge is 2.31. The Morgan fingerprint density at radius 1 is 1.23 bits per heavy atom. The Balaban J connectivity index is 1.47. The lowest BCUT2D eigenvalue weighted by molar-refractivity contribution is -0.134. The van der Waals surface area contributed by atoms with E-state index in [-0.39, 0.29) is 5.92 Å². The zero-order valence-corrected chi connectivity index (χ0v) is 19.1. The summed E-state index contributed by atoms with van der Waals surface area (Å²) in [5.74, 6) is 1.58. The second-order valence-corrected chi connectivity index (χ2v) is 9.83. The predicted octanol–water partition coefficient (Wildman–Crippen LogP) is 4.57. The average molecular weight is 419 g/mol. The molecule has 0 spiro atoms. The predicted molar refractivity (Wildman–Crippen MR) is 124 cm³/mol. The first-order valence-electron chi connectivity index (χ1n) is 11.8. The van der Waals surface area contributed by atoms with E-state index in [1.165, 1.54) is 5.56 Å². The molecule has 2 fully saturated rings. The molecule has 2 aliphatic heterocycles. The van der Waals surface area contributed by atoms with Gasteiger partial charge in [0.2, 0.25) is 5.91 Å². The smallest absolute Gasteiger partial charge is 0.222 e. The molecule has 2 atom stereocenters. The quantitative estimate of drug-likeness (QED) is 0.730. The van der Waals surface area contributed by atoms with Gasteiger partial charge in [0.15, 0.2) is 0 Å². The molecular weight excluding hydrogens is 384 g/mol. The van der Waals surface area contributed by atoms with E-state index in [1.54, 1.807) is 6.20 Å². The maximum Gasteiger partial charge on any atom is 0.222 e. The Morgan fingerprint density at radius 2 is 2.00 bits per heavy atom. The summed E-state index contributed by atoms with van der Waals surface area (Å²) in [5, 5.41) is 10.5. The van der Waals surface area contributed by atoms with Crippen molar-refractivity contribution in [2.24, 2.45) is 11.8 Å². The highest BCUT2D eigenvalue weighted by Crippen LogP contribution is 2.35. The highest BCUT2D eigenvalue weighted by molar-refractivity contribution is 5.87. The molecule has 5 heteroatoms. The molecular formula is C26H34N4O. The third kappa shape index (κ3) is 4.75. The molecule has 0 N–H and O–H groups in total. The molecule has 3 heterocycles. The molecule has 0 unspecified atom stereocenters. The Labute approximate surface area is 186 Å². The molecule has 2 saturated heterocycles. The van der Waals surface area contributed by atoms with Crippen LogP contribution in [0.5, 0.6) is 0 Å². The summed E-state index contributed by atoms with van der Waals surface area (Å²) in [6.07, 6.45) is 5.75. The van der Waals surface area contributed by atoms with Gasteiger partial charge in [-0.15, -0.1) is 0 Å². The van der Waals surface area contributed by atoms with Crippen LogP contribution in [0, 0.1) is 23.2 Å². The lowest BCUT2D eigenvalue weighted by Gasteiger charge is -2.39. The maximum atomic E-state index is 13.2. The highest BCUT2D eigenvalue weighted by atomic mass is 16.2. The van der Waals surface area contributed by atoms with E-state index in [2.05, 4.69) is 53.8 Å². The van der Waals surface area contributed by atoms with Crippen LogP contribution in [-0.4, -0.2) is 52.9 Å². The van der Waals surface area contributed by atoms with Crippen LogP contribution < -0.4 is 0 Å². The molecule has 4 rings (SSSR count). The first kappa shape index (κ1) is 21.8. The first-order chi connectivity index (χ1) is 15.0. The van der Waals surface area contributed by atoms with Gasteiger partial charge in [-0.2, -0.15) is 5.26 Å². The number of benzene rings is 1. The van der Waals surface area contributed by atoms with Gasteiger partial charge in [-0.1, -0.05) is 19.1 Å². The van der Waals surface area contributed by atoms with Gasteiger partial charge in [0.25, 0.3) is 0 Å². The Hall–Kier alpha value is -2.45. The van der Waals surface area contributed by atoms with E-state index in [9.17, 15) is 10.1 Å². The van der Waals surface area contributed by atoms with E-state index in [0.717, 1.165) is 56.3 Å². The summed E-state index contributed by atoms with van der Waals surface area (Å²) in [4.78, 5) is 22.3. The van der Waals surface area contributed by atoms with Crippen molar-refractivity contribution in [2.45, 2.75) is 58.4 Å². The van der Waals surface area contributed by atoms with Gasteiger partial charge in [0.1, 0.15) is 6.07 Å². The third-order valence-corrected chi connectivity index (χ3v) is 7.22. The first-order valence-corrected chi connectivity index (χ1v) is 11.8. The van der Waals surface area contributed by atoms with Crippen LogP contribution >= 0.6 is 0 Å². The molecule has 2 aliphatic rings. The number of piperidine rings is 2. The average Bonchev–Trinajstić information content (AvgIpc) is 2.78. The molecule has 5 nitrogen and oxygen atoms in total. The van der Waals surface area contributed by atoms with Crippen molar-refractivity contribution in [1.29, 1.82) is 5.26 Å². The molecule has 1 aromatic heterocycles. The van der Waals surface area contributed by atoms with Crippen LogP contribution in [0.4, 0.5) is 0 Å². The molecule has 0 aliphatic carbocycles. The standard InChI is InChI=1S/C26H34N4O/c1-18(2)29-11-8-20(9-12-29)14-25(31)30-16-19(3)13-22(17-30)23-7-6-21(15-27)26-24(23)5-4-10-28-26/h4-7,10,18-20,22H,8-9,11-14,16-17H2,1-3H3/t19-,22-/m1/s1. The van der Waals surface area contributed by atoms with Crippen molar-refractivity contribution < 1.29 is 4.79 Å². The molecule has 0 radical (unpaired) electrons. The number of nitrogens with zero attached hydrogens (tertiary/aromatic N) is 4. The van der Waals surface area contributed by atoms with Crippen LogP contribution in [0.15, 0.2) is 30.5 Å². The molecule has 1 amide bonds. The van der Waals surface area contributed by atoms with Crippen molar-refractivity contribution in [3.63, 3.8) is 0 Å². The molecule has 0 bridgehead atoms. The number of carbonyl (C=O) groups excluding carboxylic acids is 1. The van der Waals surface area contributed by atoms with E-state index >= 15 is 0 Å². The number of nitriles is 1. The fourth-order valence-electron chi connectivity index (χ4n) is 5.47. The minimum absolute atomic E-state index is 0.287. The number of pyridine rings is 1. The lowest BCUT2D eigenvalue weighted by atomic mass is 9.82. The molecule has 2 aromatic rings. The molecule has 164 valence electrons. The van der Waals surface area contributed by atoms with Crippen LogP contribution in [0.25, 0.3) is 10.9 Å². The monoisotopic (exact) mass is 418 g/mol. The van der Waals surface area contributed by atoms with Crippen molar-refractivity contribution in [3.8, 4) is 6.07 Å². The number of hydrogen-bond acceptors (Lipinski definition) is 4. The fourth-order valence-corrected chi connectivity index (χ4v) is 5.47. The fraction of sp³-hybridized carbons (Fsp3) is 0.577. The van der Waals surface area contributed by atoms with Crippen LogP contribution in [0.1, 0.15) is 63.5 Å². The van der Waals surface area contributed by atoms with Gasteiger partial charge in [-0.25, -0.2) is 0 Å². The number of aromatic nitrogens is 1. The molecule has 0 saturated carbocycles. The topological polar surface area (TPSA) is 60.2 Å². The number of amides is 1. The Bertz CT molecular complexity index is 971. The minimum Gasteiger partial charge on any atom is -0.342 e. The van der Waals surface area contributed by atoms with Gasteiger partial charge < -0.3 is 9.80 Å². The van der Waals surface area contributed by atoms with Crippen LogP contribution in [-0.2, 0) is 4.79 Å². The largest absolute Gasteiger partial charge is 0.342 e. The van der Waals surface area contributed by atoms with Crippen LogP contribution in [0.3, 0.4) is 0 Å². The zero-order valence-electron chi connectivity index (χ0n) is 19.1. The van der Waals surface area contributed by atoms with E-state index in [0.29, 0.717) is 35.8 Å². The van der Waals surface area contributed by atoms with E-state index < -0.39 is 0 Å². The number of hydrogen-bond donors (Lipinski definition) is 0. The number of rotatable bonds is 4.